The van der Waals surface area contributed by atoms with Crippen molar-refractivity contribution in [3.63, 3.8) is 0 Å². The fourth-order valence-corrected chi connectivity index (χ4v) is 2.46. The second kappa shape index (κ2) is 5.00. The minimum atomic E-state index is -4.66. The molecule has 1 atom stereocenters. The summed E-state index contributed by atoms with van der Waals surface area (Å²) in [6.07, 6.45) is -4.66. The van der Waals surface area contributed by atoms with E-state index in [1.54, 1.807) is 4.90 Å². The number of nitrogens with zero attached hydrogens (tertiary/aromatic N) is 2. The summed E-state index contributed by atoms with van der Waals surface area (Å²) in [5.41, 5.74) is -1.16. The number of alkyl halides is 3. The Bertz CT molecular complexity index is 458. The lowest BCUT2D eigenvalue weighted by Gasteiger charge is -2.40. The van der Waals surface area contributed by atoms with Crippen molar-refractivity contribution in [1.82, 2.24) is 4.90 Å². The molecule has 1 aliphatic heterocycles. The van der Waals surface area contributed by atoms with Crippen LogP contribution in [-0.2, 0) is 6.18 Å². The SMILES string of the molecule is C[C@@H]1CN(C)CCN1c1cccc(C(F)(F)F)c1F. The first-order chi connectivity index (χ1) is 8.80. The Labute approximate surface area is 109 Å². The highest BCUT2D eigenvalue weighted by Crippen LogP contribution is 2.35. The molecule has 2 rings (SSSR count). The highest BCUT2D eigenvalue weighted by molar-refractivity contribution is 5.52. The standard InChI is InChI=1S/C13H16F4N2/c1-9-8-18(2)6-7-19(9)11-5-3-4-10(12(11)14)13(15,16)17/h3-5,9H,6-8H2,1-2H3/t9-/m1/s1. The van der Waals surface area contributed by atoms with E-state index in [1.165, 1.54) is 12.1 Å². The molecule has 1 fully saturated rings. The van der Waals surface area contributed by atoms with Gasteiger partial charge in [0, 0.05) is 25.7 Å². The molecular formula is C13H16F4N2. The predicted octanol–water partition coefficient (Wildman–Crippen LogP) is 2.98. The fourth-order valence-electron chi connectivity index (χ4n) is 2.46. The van der Waals surface area contributed by atoms with Crippen molar-refractivity contribution in [1.29, 1.82) is 0 Å². The third kappa shape index (κ3) is 2.83. The number of hydrogen-bond acceptors (Lipinski definition) is 2. The molecule has 0 amide bonds. The highest BCUT2D eigenvalue weighted by atomic mass is 19.4. The summed E-state index contributed by atoms with van der Waals surface area (Å²) >= 11 is 0. The highest BCUT2D eigenvalue weighted by Gasteiger charge is 2.36. The van der Waals surface area contributed by atoms with Crippen LogP contribution in [0.1, 0.15) is 12.5 Å². The molecule has 6 heteroatoms. The number of hydrogen-bond donors (Lipinski definition) is 0. The molecule has 0 spiro atoms. The lowest BCUT2D eigenvalue weighted by atomic mass is 10.1. The average Bonchev–Trinajstić information content (AvgIpc) is 2.28. The number of piperazine rings is 1. The van der Waals surface area contributed by atoms with E-state index in [1.807, 2.05) is 14.0 Å². The monoisotopic (exact) mass is 276 g/mol. The smallest absolute Gasteiger partial charge is 0.364 e. The van der Waals surface area contributed by atoms with Crippen LogP contribution in [0.4, 0.5) is 23.2 Å². The van der Waals surface area contributed by atoms with Crippen LogP contribution in [0, 0.1) is 5.82 Å². The van der Waals surface area contributed by atoms with Gasteiger partial charge in [0.15, 0.2) is 5.82 Å². The van der Waals surface area contributed by atoms with Gasteiger partial charge in [-0.05, 0) is 26.1 Å². The van der Waals surface area contributed by atoms with E-state index in [2.05, 4.69) is 4.90 Å². The van der Waals surface area contributed by atoms with Crippen LogP contribution < -0.4 is 4.90 Å². The maximum absolute atomic E-state index is 14.0. The van der Waals surface area contributed by atoms with Gasteiger partial charge in [0.1, 0.15) is 0 Å². The van der Waals surface area contributed by atoms with Gasteiger partial charge >= 0.3 is 6.18 Å². The summed E-state index contributed by atoms with van der Waals surface area (Å²) < 4.78 is 52.1. The Kier molecular flexibility index (Phi) is 3.71. The molecule has 1 aliphatic rings. The molecule has 0 aromatic heterocycles. The molecule has 0 N–H and O–H groups in total. The first-order valence-electron chi connectivity index (χ1n) is 6.11. The molecule has 1 aromatic carbocycles. The van der Waals surface area contributed by atoms with Crippen LogP contribution in [-0.4, -0.2) is 37.6 Å². The van der Waals surface area contributed by atoms with Crippen molar-refractivity contribution in [2.24, 2.45) is 0 Å². The molecule has 0 radical (unpaired) electrons. The Morgan fingerprint density at radius 3 is 2.47 bits per heavy atom. The summed E-state index contributed by atoms with van der Waals surface area (Å²) in [5, 5.41) is 0. The van der Waals surface area contributed by atoms with Crippen LogP contribution in [0.25, 0.3) is 0 Å². The van der Waals surface area contributed by atoms with Gasteiger partial charge < -0.3 is 9.80 Å². The zero-order chi connectivity index (χ0) is 14.2. The van der Waals surface area contributed by atoms with E-state index in [-0.39, 0.29) is 11.7 Å². The lowest BCUT2D eigenvalue weighted by Crippen LogP contribution is -2.50. The Morgan fingerprint density at radius 2 is 1.89 bits per heavy atom. The minimum Gasteiger partial charge on any atom is -0.364 e. The molecule has 1 aromatic rings. The molecule has 1 heterocycles. The Morgan fingerprint density at radius 1 is 1.21 bits per heavy atom. The van der Waals surface area contributed by atoms with E-state index in [4.69, 9.17) is 0 Å². The molecular weight excluding hydrogens is 260 g/mol. The van der Waals surface area contributed by atoms with Gasteiger partial charge in [0.25, 0.3) is 0 Å². The summed E-state index contributed by atoms with van der Waals surface area (Å²) in [6, 6.07) is 3.43. The topological polar surface area (TPSA) is 6.48 Å². The first-order valence-corrected chi connectivity index (χ1v) is 6.11. The summed E-state index contributed by atoms with van der Waals surface area (Å²) in [5.74, 6) is -1.17. The quantitative estimate of drug-likeness (QED) is 0.728. The first kappa shape index (κ1) is 14.1. The summed E-state index contributed by atoms with van der Waals surface area (Å²) in [6.45, 7) is 3.82. The molecule has 0 saturated carbocycles. The van der Waals surface area contributed by atoms with Crippen molar-refractivity contribution < 1.29 is 17.6 Å². The molecule has 19 heavy (non-hydrogen) atoms. The van der Waals surface area contributed by atoms with Gasteiger partial charge in [-0.25, -0.2) is 4.39 Å². The third-order valence-corrected chi connectivity index (χ3v) is 3.42. The number of rotatable bonds is 1. The summed E-state index contributed by atoms with van der Waals surface area (Å²) in [7, 11) is 1.94. The molecule has 106 valence electrons. The second-order valence-corrected chi connectivity index (χ2v) is 4.94. The molecule has 0 unspecified atom stereocenters. The van der Waals surface area contributed by atoms with Gasteiger partial charge in [0.2, 0.25) is 0 Å². The van der Waals surface area contributed by atoms with Gasteiger partial charge in [0.05, 0.1) is 11.3 Å². The van der Waals surface area contributed by atoms with Crippen molar-refractivity contribution >= 4 is 5.69 Å². The molecule has 2 nitrogen and oxygen atoms in total. The van der Waals surface area contributed by atoms with Crippen LogP contribution in [0.2, 0.25) is 0 Å². The zero-order valence-corrected chi connectivity index (χ0v) is 10.8. The predicted molar refractivity (Wildman–Crippen MR) is 65.7 cm³/mol. The third-order valence-electron chi connectivity index (χ3n) is 3.42. The number of benzene rings is 1. The maximum atomic E-state index is 14.0. The van der Waals surface area contributed by atoms with Crippen LogP contribution in [0.15, 0.2) is 18.2 Å². The molecule has 1 saturated heterocycles. The molecule has 0 aliphatic carbocycles. The minimum absolute atomic E-state index is 0.0169. The molecule has 0 bridgehead atoms. The summed E-state index contributed by atoms with van der Waals surface area (Å²) in [4.78, 5) is 3.78. The van der Waals surface area contributed by atoms with E-state index < -0.39 is 17.6 Å². The number of anilines is 1. The van der Waals surface area contributed by atoms with E-state index in [0.717, 1.165) is 6.07 Å². The maximum Gasteiger partial charge on any atom is 0.419 e. The number of likely N-dealkylation sites (N-methyl/N-ethyl adjacent to an activating group) is 1. The van der Waals surface area contributed by atoms with Crippen molar-refractivity contribution in [2.45, 2.75) is 19.1 Å². The Balaban J connectivity index is 2.36. The van der Waals surface area contributed by atoms with Gasteiger partial charge in [-0.3, -0.25) is 0 Å². The van der Waals surface area contributed by atoms with Gasteiger partial charge in [-0.2, -0.15) is 13.2 Å². The van der Waals surface area contributed by atoms with Crippen molar-refractivity contribution in [3.05, 3.63) is 29.6 Å². The van der Waals surface area contributed by atoms with Gasteiger partial charge in [-0.15, -0.1) is 0 Å². The van der Waals surface area contributed by atoms with Crippen molar-refractivity contribution in [3.8, 4) is 0 Å². The average molecular weight is 276 g/mol. The van der Waals surface area contributed by atoms with Crippen LogP contribution in [0.3, 0.4) is 0 Å². The Hall–Kier alpha value is -1.30. The van der Waals surface area contributed by atoms with Crippen molar-refractivity contribution in [2.75, 3.05) is 31.6 Å². The normalized spacial score (nSPS) is 21.8. The van der Waals surface area contributed by atoms with Gasteiger partial charge in [-0.1, -0.05) is 6.07 Å². The zero-order valence-electron chi connectivity index (χ0n) is 10.8. The van der Waals surface area contributed by atoms with E-state index in [0.29, 0.717) is 19.6 Å². The number of halogens is 4. The van der Waals surface area contributed by atoms with E-state index >= 15 is 0 Å². The second-order valence-electron chi connectivity index (χ2n) is 4.94. The largest absolute Gasteiger partial charge is 0.419 e. The lowest BCUT2D eigenvalue weighted by molar-refractivity contribution is -0.139. The van der Waals surface area contributed by atoms with E-state index in [9.17, 15) is 17.6 Å². The van der Waals surface area contributed by atoms with Crippen LogP contribution >= 0.6 is 0 Å². The fraction of sp³-hybridized carbons (Fsp3) is 0.538. The van der Waals surface area contributed by atoms with Crippen LogP contribution in [0.5, 0.6) is 0 Å².